The quantitative estimate of drug-likeness (QED) is 0.578. The monoisotopic (exact) mass is 346 g/mol. The summed E-state index contributed by atoms with van der Waals surface area (Å²) >= 11 is 0. The minimum absolute atomic E-state index is 0.131. The molecule has 6 heteroatoms. The number of pyridine rings is 2. The highest BCUT2D eigenvalue weighted by Gasteiger charge is 2.26. The van der Waals surface area contributed by atoms with E-state index in [9.17, 15) is 19.8 Å². The third-order valence-corrected chi connectivity index (χ3v) is 4.41. The van der Waals surface area contributed by atoms with E-state index in [1.54, 1.807) is 13.8 Å². The first-order chi connectivity index (χ1) is 11.8. The topological polar surface area (TPSA) is 106 Å². The van der Waals surface area contributed by atoms with Crippen molar-refractivity contribution in [3.8, 4) is 11.5 Å². The number of rotatable bonds is 7. The normalized spacial score (nSPS) is 11.2. The van der Waals surface area contributed by atoms with E-state index < -0.39 is 17.0 Å². The summed E-state index contributed by atoms with van der Waals surface area (Å²) in [5.74, 6) is -0.965. The van der Waals surface area contributed by atoms with Gasteiger partial charge in [0.05, 0.1) is 11.1 Å². The Bertz CT molecular complexity index is 786. The molecule has 136 valence electrons. The van der Waals surface area contributed by atoms with Crippen molar-refractivity contribution in [2.75, 3.05) is 0 Å². The van der Waals surface area contributed by atoms with Crippen LogP contribution in [-0.2, 0) is 0 Å². The Balaban J connectivity index is 2.56. The predicted octanol–water partition coefficient (Wildman–Crippen LogP) is 3.19. The minimum Gasteiger partial charge on any atom is -0.507 e. The second-order valence-corrected chi connectivity index (χ2v) is 6.56. The Morgan fingerprint density at radius 2 is 1.36 bits per heavy atom. The van der Waals surface area contributed by atoms with Gasteiger partial charge in [0, 0.05) is 17.3 Å². The molecule has 0 aromatic carbocycles. The van der Waals surface area contributed by atoms with Crippen LogP contribution in [-0.4, -0.2) is 20.2 Å². The van der Waals surface area contributed by atoms with Crippen molar-refractivity contribution in [1.82, 2.24) is 9.97 Å². The van der Waals surface area contributed by atoms with Crippen LogP contribution in [0.5, 0.6) is 11.5 Å². The molecule has 2 heterocycles. The number of hydrogen-bond donors (Lipinski definition) is 4. The van der Waals surface area contributed by atoms with E-state index in [4.69, 9.17) is 0 Å². The van der Waals surface area contributed by atoms with Crippen LogP contribution in [0.15, 0.2) is 21.7 Å². The smallest absolute Gasteiger partial charge is 0.255 e. The number of nitrogens with one attached hydrogen (secondary N) is 2. The van der Waals surface area contributed by atoms with E-state index in [0.717, 1.165) is 25.7 Å². The number of hydrogen-bond acceptors (Lipinski definition) is 4. The maximum atomic E-state index is 12.4. The first-order valence-corrected chi connectivity index (χ1v) is 8.70. The van der Waals surface area contributed by atoms with E-state index in [2.05, 4.69) is 16.9 Å². The SMILES string of the molecule is CCCCCCC(c1c(O)cc(C)[nH]c1=O)c1c(O)cc(C)[nH]c1=O. The fourth-order valence-corrected chi connectivity index (χ4v) is 3.25. The van der Waals surface area contributed by atoms with Gasteiger partial charge in [0.2, 0.25) is 0 Å². The van der Waals surface area contributed by atoms with Crippen LogP contribution in [0.3, 0.4) is 0 Å². The number of H-pyrrole nitrogens is 2. The van der Waals surface area contributed by atoms with Crippen molar-refractivity contribution in [2.45, 2.75) is 58.8 Å². The van der Waals surface area contributed by atoms with Gasteiger partial charge in [0.1, 0.15) is 11.5 Å². The zero-order valence-electron chi connectivity index (χ0n) is 15.0. The van der Waals surface area contributed by atoms with Crippen LogP contribution in [0, 0.1) is 13.8 Å². The third kappa shape index (κ3) is 4.32. The van der Waals surface area contributed by atoms with Gasteiger partial charge in [-0.15, -0.1) is 0 Å². The van der Waals surface area contributed by atoms with Crippen molar-refractivity contribution in [1.29, 1.82) is 0 Å². The summed E-state index contributed by atoms with van der Waals surface area (Å²) < 4.78 is 0. The lowest BCUT2D eigenvalue weighted by atomic mass is 9.86. The first-order valence-electron chi connectivity index (χ1n) is 8.70. The minimum atomic E-state index is -0.662. The van der Waals surface area contributed by atoms with Gasteiger partial charge in [-0.25, -0.2) is 0 Å². The maximum absolute atomic E-state index is 12.4. The molecule has 0 amide bonds. The third-order valence-electron chi connectivity index (χ3n) is 4.41. The lowest BCUT2D eigenvalue weighted by Crippen LogP contribution is -2.24. The molecular formula is C19H26N2O4. The molecule has 25 heavy (non-hydrogen) atoms. The van der Waals surface area contributed by atoms with Crippen LogP contribution < -0.4 is 11.1 Å². The molecule has 0 unspecified atom stereocenters. The molecule has 0 saturated carbocycles. The lowest BCUT2D eigenvalue weighted by Gasteiger charge is -2.19. The zero-order chi connectivity index (χ0) is 18.6. The number of aromatic amines is 2. The van der Waals surface area contributed by atoms with Crippen molar-refractivity contribution >= 4 is 0 Å². The van der Waals surface area contributed by atoms with Gasteiger partial charge in [0.25, 0.3) is 11.1 Å². The molecule has 6 nitrogen and oxygen atoms in total. The van der Waals surface area contributed by atoms with Crippen LogP contribution in [0.2, 0.25) is 0 Å². The van der Waals surface area contributed by atoms with E-state index in [-0.39, 0.29) is 22.6 Å². The average molecular weight is 346 g/mol. The summed E-state index contributed by atoms with van der Waals surface area (Å²) in [6, 6.07) is 2.93. The Morgan fingerprint density at radius 1 is 0.880 bits per heavy atom. The Kier molecular flexibility index (Phi) is 6.07. The average Bonchev–Trinajstić information content (AvgIpc) is 2.48. The van der Waals surface area contributed by atoms with Crippen molar-refractivity contribution in [3.63, 3.8) is 0 Å². The summed E-state index contributed by atoms with van der Waals surface area (Å²) in [5, 5.41) is 20.7. The van der Waals surface area contributed by atoms with Gasteiger partial charge >= 0.3 is 0 Å². The van der Waals surface area contributed by atoms with Crippen LogP contribution in [0.4, 0.5) is 0 Å². The van der Waals surface area contributed by atoms with Gasteiger partial charge in [0.15, 0.2) is 0 Å². The summed E-state index contributed by atoms with van der Waals surface area (Å²) in [6.45, 7) is 5.46. The van der Waals surface area contributed by atoms with Crippen molar-refractivity contribution in [2.24, 2.45) is 0 Å². The maximum Gasteiger partial charge on any atom is 0.255 e. The first kappa shape index (κ1) is 18.8. The van der Waals surface area contributed by atoms with Gasteiger partial charge in [-0.1, -0.05) is 32.6 Å². The number of aryl methyl sites for hydroxylation is 2. The predicted molar refractivity (Wildman–Crippen MR) is 97.5 cm³/mol. The Hall–Kier alpha value is -2.50. The second-order valence-electron chi connectivity index (χ2n) is 6.56. The molecule has 4 N–H and O–H groups in total. The highest BCUT2D eigenvalue weighted by molar-refractivity contribution is 5.45. The molecule has 0 radical (unpaired) electrons. The van der Waals surface area contributed by atoms with E-state index in [1.165, 1.54) is 12.1 Å². The van der Waals surface area contributed by atoms with Crippen LogP contribution in [0.1, 0.15) is 67.5 Å². The van der Waals surface area contributed by atoms with E-state index in [0.29, 0.717) is 17.8 Å². The standard InChI is InChI=1S/C19H26N2O4/c1-4-5-6-7-8-13(16-14(22)9-11(2)20-18(16)24)17-15(23)10-12(3)21-19(17)25/h9-10,13H,4-8H2,1-3H3,(H2,20,22,24)(H2,21,23,25). The van der Waals surface area contributed by atoms with Gasteiger partial charge in [-0.2, -0.15) is 0 Å². The molecule has 0 bridgehead atoms. The van der Waals surface area contributed by atoms with Crippen LogP contribution >= 0.6 is 0 Å². The Labute approximate surface area is 146 Å². The zero-order valence-corrected chi connectivity index (χ0v) is 15.0. The van der Waals surface area contributed by atoms with Gasteiger partial charge < -0.3 is 20.2 Å². The van der Waals surface area contributed by atoms with E-state index in [1.807, 2.05) is 0 Å². The second kappa shape index (κ2) is 8.05. The molecule has 0 aliphatic heterocycles. The highest BCUT2D eigenvalue weighted by atomic mass is 16.3. The molecule has 2 aromatic rings. The largest absolute Gasteiger partial charge is 0.507 e. The van der Waals surface area contributed by atoms with Crippen molar-refractivity contribution < 1.29 is 10.2 Å². The van der Waals surface area contributed by atoms with Crippen molar-refractivity contribution in [3.05, 3.63) is 55.4 Å². The summed E-state index contributed by atoms with van der Waals surface area (Å²) in [6.07, 6.45) is 4.37. The molecule has 0 fully saturated rings. The summed E-state index contributed by atoms with van der Waals surface area (Å²) in [7, 11) is 0. The fourth-order valence-electron chi connectivity index (χ4n) is 3.25. The highest BCUT2D eigenvalue weighted by Crippen LogP contribution is 2.35. The Morgan fingerprint density at radius 3 is 1.76 bits per heavy atom. The summed E-state index contributed by atoms with van der Waals surface area (Å²) in [5.41, 5.74) is 0.476. The molecule has 0 aliphatic rings. The van der Waals surface area contributed by atoms with Gasteiger partial charge in [-0.05, 0) is 32.4 Å². The van der Waals surface area contributed by atoms with Crippen LogP contribution in [0.25, 0.3) is 0 Å². The molecule has 0 saturated heterocycles. The summed E-state index contributed by atoms with van der Waals surface area (Å²) in [4.78, 5) is 30.2. The van der Waals surface area contributed by atoms with Gasteiger partial charge in [-0.3, -0.25) is 9.59 Å². The van der Waals surface area contributed by atoms with E-state index >= 15 is 0 Å². The fraction of sp³-hybridized carbons (Fsp3) is 0.474. The molecule has 0 atom stereocenters. The lowest BCUT2D eigenvalue weighted by molar-refractivity contribution is 0.443. The number of aromatic hydroxyl groups is 2. The number of unbranched alkanes of at least 4 members (excludes halogenated alkanes) is 3. The molecule has 0 spiro atoms. The number of aromatic nitrogens is 2. The molecule has 2 aromatic heterocycles. The molecule has 0 aliphatic carbocycles. The molecule has 2 rings (SSSR count). The molecular weight excluding hydrogens is 320 g/mol.